The van der Waals surface area contributed by atoms with E-state index in [2.05, 4.69) is 0 Å². The molecule has 0 aliphatic heterocycles. The highest BCUT2D eigenvalue weighted by molar-refractivity contribution is 5.31. The van der Waals surface area contributed by atoms with Gasteiger partial charge in [-0.1, -0.05) is 0 Å². The van der Waals surface area contributed by atoms with E-state index in [4.69, 9.17) is 0 Å². The van der Waals surface area contributed by atoms with E-state index in [9.17, 15) is 35.1 Å². The van der Waals surface area contributed by atoms with Gasteiger partial charge in [-0.25, -0.2) is 8.78 Å². The fraction of sp³-hybridized carbons (Fsp3) is 0.429. The highest BCUT2D eigenvalue weighted by Crippen LogP contribution is 2.50. The molecule has 0 nitrogen and oxygen atoms in total. The summed E-state index contributed by atoms with van der Waals surface area (Å²) in [6.45, 7) is 0. The van der Waals surface area contributed by atoms with E-state index in [1.54, 1.807) is 0 Å². The van der Waals surface area contributed by atoms with Crippen LogP contribution in [0, 0.1) is 0 Å². The lowest BCUT2D eigenvalue weighted by atomic mass is 10.1. The SMILES string of the molecule is FC1=CC(F)(F)C(F)(F)C(F)(F)C=C1F. The van der Waals surface area contributed by atoms with E-state index < -0.39 is 41.6 Å². The van der Waals surface area contributed by atoms with E-state index in [1.807, 2.05) is 0 Å². The molecule has 0 spiro atoms. The standard InChI is InChI=1S/C7H2F8/c8-3-1-5(10,11)7(14,15)6(12,13)2-4(3)9/h1-2H. The molecule has 0 N–H and O–H groups in total. The van der Waals surface area contributed by atoms with Crippen LogP contribution in [0.25, 0.3) is 0 Å². The van der Waals surface area contributed by atoms with Crippen molar-refractivity contribution in [3.8, 4) is 0 Å². The van der Waals surface area contributed by atoms with Gasteiger partial charge in [0.2, 0.25) is 0 Å². The molecule has 0 atom stereocenters. The maximum absolute atomic E-state index is 12.4. The van der Waals surface area contributed by atoms with Gasteiger partial charge < -0.3 is 0 Å². The first kappa shape index (κ1) is 12.0. The molecule has 0 bridgehead atoms. The van der Waals surface area contributed by atoms with Gasteiger partial charge in [0.05, 0.1) is 0 Å². The van der Waals surface area contributed by atoms with E-state index in [1.165, 1.54) is 0 Å². The lowest BCUT2D eigenvalue weighted by Crippen LogP contribution is -2.51. The van der Waals surface area contributed by atoms with Crippen molar-refractivity contribution in [1.29, 1.82) is 0 Å². The first-order valence-electron chi connectivity index (χ1n) is 3.42. The Morgan fingerprint density at radius 3 is 1.20 bits per heavy atom. The van der Waals surface area contributed by atoms with Crippen LogP contribution < -0.4 is 0 Å². The molecule has 8 heteroatoms. The Bertz CT molecular complexity index is 305. The van der Waals surface area contributed by atoms with Crippen molar-refractivity contribution in [3.05, 3.63) is 23.8 Å². The maximum Gasteiger partial charge on any atom is 0.379 e. The molecule has 1 aliphatic carbocycles. The average Bonchev–Trinajstić information content (AvgIpc) is 2.03. The number of allylic oxidation sites excluding steroid dienone is 4. The summed E-state index contributed by atoms with van der Waals surface area (Å²) in [5, 5.41) is 0. The van der Waals surface area contributed by atoms with E-state index in [0.29, 0.717) is 0 Å². The van der Waals surface area contributed by atoms with Gasteiger partial charge >= 0.3 is 17.8 Å². The zero-order chi connectivity index (χ0) is 12.1. The minimum Gasteiger partial charge on any atom is -0.204 e. The number of hydrogen-bond donors (Lipinski definition) is 0. The molecule has 1 aliphatic rings. The number of rotatable bonds is 0. The molecule has 86 valence electrons. The Kier molecular flexibility index (Phi) is 2.36. The highest BCUT2D eigenvalue weighted by Gasteiger charge is 2.71. The van der Waals surface area contributed by atoms with Crippen LogP contribution in [0.2, 0.25) is 0 Å². The minimum absolute atomic E-state index is 1.17. The summed E-state index contributed by atoms with van der Waals surface area (Å²) < 4.78 is 99.1. The summed E-state index contributed by atoms with van der Waals surface area (Å²) >= 11 is 0. The molecule has 0 aromatic carbocycles. The Labute approximate surface area is 77.9 Å². The first-order valence-corrected chi connectivity index (χ1v) is 3.42. The number of alkyl halides is 6. The molecule has 0 heterocycles. The van der Waals surface area contributed by atoms with Crippen LogP contribution in [0.5, 0.6) is 0 Å². The third kappa shape index (κ3) is 1.61. The molecule has 0 saturated carbocycles. The molecular weight excluding hydrogens is 236 g/mol. The molecule has 0 amide bonds. The molecule has 0 aromatic heterocycles. The largest absolute Gasteiger partial charge is 0.379 e. The van der Waals surface area contributed by atoms with Gasteiger partial charge in [-0.2, -0.15) is 26.3 Å². The summed E-state index contributed by atoms with van der Waals surface area (Å²) in [7, 11) is 0. The Morgan fingerprint density at radius 2 is 0.933 bits per heavy atom. The van der Waals surface area contributed by atoms with Gasteiger partial charge in [0, 0.05) is 12.2 Å². The predicted octanol–water partition coefficient (Wildman–Crippen LogP) is 3.61. The normalized spacial score (nSPS) is 27.7. The van der Waals surface area contributed by atoms with E-state index >= 15 is 0 Å². The lowest BCUT2D eigenvalue weighted by molar-refractivity contribution is -0.272. The first-order chi connectivity index (χ1) is 6.51. The van der Waals surface area contributed by atoms with Crippen LogP contribution in [0.3, 0.4) is 0 Å². The van der Waals surface area contributed by atoms with Crippen molar-refractivity contribution >= 4 is 0 Å². The van der Waals surface area contributed by atoms with Crippen molar-refractivity contribution in [1.82, 2.24) is 0 Å². The Morgan fingerprint density at radius 1 is 0.667 bits per heavy atom. The second-order valence-corrected chi connectivity index (χ2v) is 2.80. The molecule has 0 saturated heterocycles. The minimum atomic E-state index is -5.88. The zero-order valence-electron chi connectivity index (χ0n) is 6.68. The van der Waals surface area contributed by atoms with Crippen LogP contribution in [-0.4, -0.2) is 17.8 Å². The van der Waals surface area contributed by atoms with Crippen LogP contribution in [0.15, 0.2) is 23.8 Å². The number of halogens is 8. The van der Waals surface area contributed by atoms with E-state index in [-0.39, 0.29) is 0 Å². The smallest absolute Gasteiger partial charge is 0.204 e. The van der Waals surface area contributed by atoms with Crippen LogP contribution in [-0.2, 0) is 0 Å². The van der Waals surface area contributed by atoms with E-state index in [0.717, 1.165) is 0 Å². The van der Waals surface area contributed by atoms with Gasteiger partial charge in [-0.15, -0.1) is 0 Å². The fourth-order valence-corrected chi connectivity index (χ4v) is 0.860. The Balaban J connectivity index is 3.43. The topological polar surface area (TPSA) is 0 Å². The second kappa shape index (κ2) is 2.96. The van der Waals surface area contributed by atoms with Crippen molar-refractivity contribution in [3.63, 3.8) is 0 Å². The summed E-state index contributed by atoms with van der Waals surface area (Å²) in [6.07, 6.45) is -2.33. The zero-order valence-corrected chi connectivity index (χ0v) is 6.68. The van der Waals surface area contributed by atoms with Crippen LogP contribution in [0.1, 0.15) is 0 Å². The molecule has 0 aromatic rings. The molecule has 1 rings (SSSR count). The van der Waals surface area contributed by atoms with Crippen LogP contribution in [0.4, 0.5) is 35.1 Å². The lowest BCUT2D eigenvalue weighted by Gasteiger charge is -2.27. The molecular formula is C7H2F8. The maximum atomic E-state index is 12.4. The highest BCUT2D eigenvalue weighted by atomic mass is 19.3. The van der Waals surface area contributed by atoms with Gasteiger partial charge in [-0.3, -0.25) is 0 Å². The summed E-state index contributed by atoms with van der Waals surface area (Å²) in [6, 6.07) is 0. The molecule has 0 radical (unpaired) electrons. The van der Waals surface area contributed by atoms with Gasteiger partial charge in [0.1, 0.15) is 0 Å². The number of hydrogen-bond acceptors (Lipinski definition) is 0. The van der Waals surface area contributed by atoms with Gasteiger partial charge in [0.15, 0.2) is 11.7 Å². The quantitative estimate of drug-likeness (QED) is 0.565. The van der Waals surface area contributed by atoms with Crippen molar-refractivity contribution in [2.24, 2.45) is 0 Å². The summed E-state index contributed by atoms with van der Waals surface area (Å²) in [4.78, 5) is 0. The third-order valence-electron chi connectivity index (χ3n) is 1.68. The molecule has 0 fully saturated rings. The Hall–Kier alpha value is -1.08. The molecule has 15 heavy (non-hydrogen) atoms. The summed E-state index contributed by atoms with van der Waals surface area (Å²) in [5.41, 5.74) is 0. The van der Waals surface area contributed by atoms with Crippen molar-refractivity contribution in [2.75, 3.05) is 0 Å². The van der Waals surface area contributed by atoms with Crippen LogP contribution >= 0.6 is 0 Å². The monoisotopic (exact) mass is 238 g/mol. The van der Waals surface area contributed by atoms with Gasteiger partial charge in [0.25, 0.3) is 0 Å². The molecule has 0 unspecified atom stereocenters. The summed E-state index contributed by atoms with van der Waals surface area (Å²) in [5.74, 6) is -21.7. The van der Waals surface area contributed by atoms with Crippen molar-refractivity contribution < 1.29 is 35.1 Å². The van der Waals surface area contributed by atoms with Gasteiger partial charge in [-0.05, 0) is 0 Å². The van der Waals surface area contributed by atoms with Crippen molar-refractivity contribution in [2.45, 2.75) is 17.8 Å². The average molecular weight is 238 g/mol. The second-order valence-electron chi connectivity index (χ2n) is 2.80. The fourth-order valence-electron chi connectivity index (χ4n) is 0.860. The third-order valence-corrected chi connectivity index (χ3v) is 1.68. The predicted molar refractivity (Wildman–Crippen MR) is 33.2 cm³/mol.